The Hall–Kier alpha value is -3.33. The summed E-state index contributed by atoms with van der Waals surface area (Å²) >= 11 is 0. The van der Waals surface area contributed by atoms with Crippen LogP contribution in [0, 0.1) is 22.9 Å². The summed E-state index contributed by atoms with van der Waals surface area (Å²) in [5.74, 6) is -0.772. The first-order valence-electron chi connectivity index (χ1n) is 10.6. The molecule has 168 valence electrons. The topological polar surface area (TPSA) is 93.0 Å². The Balaban J connectivity index is 1.48. The van der Waals surface area contributed by atoms with Gasteiger partial charge in [-0.25, -0.2) is 4.39 Å². The average Bonchev–Trinajstić information content (AvgIpc) is 3.28. The lowest BCUT2D eigenvalue weighted by Gasteiger charge is -2.36. The first-order valence-corrected chi connectivity index (χ1v) is 10.6. The van der Waals surface area contributed by atoms with Gasteiger partial charge in [-0.15, -0.1) is 0 Å². The predicted octanol–water partition coefficient (Wildman–Crippen LogP) is 3.25. The minimum Gasteiger partial charge on any atom is -0.370 e. The highest BCUT2D eigenvalue weighted by molar-refractivity contribution is 5.98. The van der Waals surface area contributed by atoms with Gasteiger partial charge in [0.15, 0.2) is 0 Å². The highest BCUT2D eigenvalue weighted by Gasteiger charge is 2.38. The Labute approximate surface area is 184 Å². The van der Waals surface area contributed by atoms with E-state index in [0.717, 1.165) is 5.56 Å². The zero-order chi connectivity index (χ0) is 22.8. The van der Waals surface area contributed by atoms with Gasteiger partial charge < -0.3 is 14.5 Å². The van der Waals surface area contributed by atoms with E-state index >= 15 is 0 Å². The second-order valence-corrected chi connectivity index (χ2v) is 8.11. The molecule has 2 saturated heterocycles. The number of benzene rings is 2. The first-order chi connectivity index (χ1) is 15.3. The number of nitro groups is 1. The number of carbonyl (C=O) groups is 2. The Kier molecular flexibility index (Phi) is 6.18. The van der Waals surface area contributed by atoms with Crippen LogP contribution in [0.1, 0.15) is 40.4 Å². The van der Waals surface area contributed by atoms with Gasteiger partial charge in [-0.1, -0.05) is 12.1 Å². The maximum absolute atomic E-state index is 13.3. The summed E-state index contributed by atoms with van der Waals surface area (Å²) < 4.78 is 19.0. The Morgan fingerprint density at radius 3 is 2.59 bits per heavy atom. The van der Waals surface area contributed by atoms with Crippen molar-refractivity contribution in [3.8, 4) is 0 Å². The summed E-state index contributed by atoms with van der Waals surface area (Å²) in [4.78, 5) is 40.3. The fourth-order valence-corrected chi connectivity index (χ4v) is 4.36. The smallest absolute Gasteiger partial charge is 0.272 e. The summed E-state index contributed by atoms with van der Waals surface area (Å²) in [7, 11) is 0. The molecule has 2 aliphatic heterocycles. The number of likely N-dealkylation sites (tertiary alicyclic amines) is 1. The number of morpholine rings is 1. The zero-order valence-corrected chi connectivity index (χ0v) is 17.7. The number of ether oxygens (including phenoxy) is 1. The fraction of sp³-hybridized carbons (Fsp3) is 0.391. The molecule has 0 spiro atoms. The minimum absolute atomic E-state index is 0.0456. The lowest BCUT2D eigenvalue weighted by molar-refractivity contribution is -0.385. The van der Waals surface area contributed by atoms with Gasteiger partial charge in [-0.05, 0) is 49.6 Å². The Morgan fingerprint density at radius 2 is 1.91 bits per heavy atom. The molecule has 0 aliphatic carbocycles. The summed E-state index contributed by atoms with van der Waals surface area (Å²) in [5.41, 5.74) is 1.48. The van der Waals surface area contributed by atoms with Crippen LogP contribution in [0.4, 0.5) is 10.1 Å². The molecule has 0 N–H and O–H groups in total. The third kappa shape index (κ3) is 4.34. The molecular weight excluding hydrogens is 417 g/mol. The van der Waals surface area contributed by atoms with Crippen molar-refractivity contribution < 1.29 is 23.6 Å². The fourth-order valence-electron chi connectivity index (χ4n) is 4.36. The molecule has 0 saturated carbocycles. The molecule has 2 unspecified atom stereocenters. The van der Waals surface area contributed by atoms with Crippen molar-refractivity contribution in [2.24, 2.45) is 0 Å². The van der Waals surface area contributed by atoms with E-state index in [-0.39, 0.29) is 29.4 Å². The number of aryl methyl sites for hydroxylation is 1. The lowest BCUT2D eigenvalue weighted by atomic mass is 10.1. The summed E-state index contributed by atoms with van der Waals surface area (Å²) in [6.07, 6.45) is 0.922. The van der Waals surface area contributed by atoms with Crippen molar-refractivity contribution >= 4 is 17.5 Å². The van der Waals surface area contributed by atoms with Gasteiger partial charge in [0, 0.05) is 30.3 Å². The molecule has 2 aromatic carbocycles. The number of carbonyl (C=O) groups excluding carboxylic acids is 2. The van der Waals surface area contributed by atoms with Gasteiger partial charge in [-0.2, -0.15) is 0 Å². The molecule has 2 fully saturated rings. The molecule has 2 amide bonds. The molecule has 2 atom stereocenters. The number of nitrogens with zero attached hydrogens (tertiary/aromatic N) is 3. The second kappa shape index (κ2) is 9.04. The minimum atomic E-state index is -0.579. The summed E-state index contributed by atoms with van der Waals surface area (Å²) in [5, 5.41) is 11.1. The van der Waals surface area contributed by atoms with E-state index in [1.165, 1.54) is 30.3 Å². The summed E-state index contributed by atoms with van der Waals surface area (Å²) in [6.45, 7) is 3.16. The molecule has 2 heterocycles. The van der Waals surface area contributed by atoms with Crippen molar-refractivity contribution in [2.75, 3.05) is 26.2 Å². The molecule has 32 heavy (non-hydrogen) atoms. The normalized spacial score (nSPS) is 20.9. The molecular formula is C23H24FN3O5. The number of hydrogen-bond donors (Lipinski definition) is 0. The van der Waals surface area contributed by atoms with Crippen LogP contribution in [0.15, 0.2) is 42.5 Å². The largest absolute Gasteiger partial charge is 0.370 e. The van der Waals surface area contributed by atoms with Crippen LogP contribution in [0.2, 0.25) is 0 Å². The monoisotopic (exact) mass is 441 g/mol. The number of rotatable bonds is 4. The lowest BCUT2D eigenvalue weighted by Crippen LogP contribution is -2.51. The van der Waals surface area contributed by atoms with Crippen LogP contribution in [-0.4, -0.2) is 58.8 Å². The van der Waals surface area contributed by atoms with Crippen molar-refractivity contribution in [3.05, 3.63) is 75.1 Å². The van der Waals surface area contributed by atoms with Gasteiger partial charge in [0.25, 0.3) is 11.6 Å². The van der Waals surface area contributed by atoms with E-state index in [9.17, 15) is 24.1 Å². The van der Waals surface area contributed by atoms with Crippen molar-refractivity contribution in [3.63, 3.8) is 0 Å². The van der Waals surface area contributed by atoms with E-state index < -0.39 is 11.0 Å². The number of amides is 2. The van der Waals surface area contributed by atoms with E-state index in [2.05, 4.69) is 0 Å². The molecule has 0 bridgehead atoms. The third-order valence-corrected chi connectivity index (χ3v) is 6.06. The Bertz CT molecular complexity index is 1040. The Morgan fingerprint density at radius 1 is 1.16 bits per heavy atom. The average molecular weight is 441 g/mol. The van der Waals surface area contributed by atoms with Gasteiger partial charge in [0.2, 0.25) is 5.91 Å². The molecule has 0 radical (unpaired) electrons. The van der Waals surface area contributed by atoms with E-state index in [4.69, 9.17) is 4.74 Å². The first kappa shape index (κ1) is 21.9. The van der Waals surface area contributed by atoms with Gasteiger partial charge in [-0.3, -0.25) is 19.7 Å². The van der Waals surface area contributed by atoms with Crippen LogP contribution in [0.25, 0.3) is 0 Å². The van der Waals surface area contributed by atoms with Crippen molar-refractivity contribution in [2.45, 2.75) is 31.9 Å². The molecule has 4 rings (SSSR count). The van der Waals surface area contributed by atoms with Crippen molar-refractivity contribution in [1.29, 1.82) is 0 Å². The molecule has 0 aromatic heterocycles. The van der Waals surface area contributed by atoms with Crippen LogP contribution in [0.5, 0.6) is 0 Å². The standard InChI is InChI=1S/C23H24FN3O5/c1-15-13-17(6-9-19(15)27(30)31)22(28)26-10-2-3-20(26)23(29)25-11-12-32-21(14-25)16-4-7-18(24)8-5-16/h4-9,13,20-21H,2-3,10-12,14H2,1H3. The molecule has 9 heteroatoms. The van der Waals surface area contributed by atoms with Crippen LogP contribution < -0.4 is 0 Å². The summed E-state index contributed by atoms with van der Waals surface area (Å²) in [6, 6.07) is 9.71. The number of nitro benzene ring substituents is 1. The maximum atomic E-state index is 13.3. The van der Waals surface area contributed by atoms with E-state index in [1.54, 1.807) is 28.9 Å². The van der Waals surface area contributed by atoms with E-state index in [1.807, 2.05) is 0 Å². The van der Waals surface area contributed by atoms with Crippen LogP contribution in [-0.2, 0) is 9.53 Å². The molecule has 2 aromatic rings. The van der Waals surface area contributed by atoms with Crippen LogP contribution >= 0.6 is 0 Å². The zero-order valence-electron chi connectivity index (χ0n) is 17.7. The molecule has 8 nitrogen and oxygen atoms in total. The van der Waals surface area contributed by atoms with Crippen LogP contribution in [0.3, 0.4) is 0 Å². The predicted molar refractivity (Wildman–Crippen MR) is 114 cm³/mol. The highest BCUT2D eigenvalue weighted by Crippen LogP contribution is 2.28. The van der Waals surface area contributed by atoms with Gasteiger partial charge >= 0.3 is 0 Å². The quantitative estimate of drug-likeness (QED) is 0.536. The number of hydrogen-bond acceptors (Lipinski definition) is 5. The SMILES string of the molecule is Cc1cc(C(=O)N2CCCC2C(=O)N2CCOC(c3ccc(F)cc3)C2)ccc1[N+](=O)[O-]. The van der Waals surface area contributed by atoms with Crippen molar-refractivity contribution in [1.82, 2.24) is 9.80 Å². The maximum Gasteiger partial charge on any atom is 0.272 e. The van der Waals surface area contributed by atoms with Gasteiger partial charge in [0.05, 0.1) is 18.1 Å². The van der Waals surface area contributed by atoms with E-state index in [0.29, 0.717) is 50.2 Å². The number of halogens is 1. The van der Waals surface area contributed by atoms with Gasteiger partial charge in [0.1, 0.15) is 18.0 Å². The highest BCUT2D eigenvalue weighted by atomic mass is 19.1. The third-order valence-electron chi connectivity index (χ3n) is 6.06. The second-order valence-electron chi connectivity index (χ2n) is 8.11. The molecule has 2 aliphatic rings.